The molecule has 7 aliphatic rings. The number of nitrogens with one attached hydrogen (secondary N) is 11. The van der Waals surface area contributed by atoms with Crippen molar-refractivity contribution in [2.75, 3.05) is 74.9 Å². The number of nitro groups is 2. The van der Waals surface area contributed by atoms with E-state index in [1.165, 1.54) is 119 Å². The molecule has 2 aromatic carbocycles. The van der Waals surface area contributed by atoms with Crippen molar-refractivity contribution >= 4 is 126 Å². The summed E-state index contributed by atoms with van der Waals surface area (Å²) in [6.07, 6.45) is 19.5. The number of anilines is 5. The third-order valence-electron chi connectivity index (χ3n) is 19.8. The minimum absolute atomic E-state index is 0.0127. The van der Waals surface area contributed by atoms with Crippen LogP contribution in [0.3, 0.4) is 0 Å². The van der Waals surface area contributed by atoms with Gasteiger partial charge in [-0.2, -0.15) is 35.7 Å². The van der Waals surface area contributed by atoms with Crippen LogP contribution in [0.4, 0.5) is 59.0 Å². The minimum atomic E-state index is -4.25. The number of aromatic carboxylic acids is 1. The summed E-state index contributed by atoms with van der Waals surface area (Å²) in [6.45, 7) is 19.0. The second kappa shape index (κ2) is 44.0. The molecular weight excluding hydrogens is 1810 g/mol. The van der Waals surface area contributed by atoms with E-state index in [1.54, 1.807) is 67.0 Å². The maximum absolute atomic E-state index is 12.8. The second-order valence-electron chi connectivity index (χ2n) is 32.7. The highest BCUT2D eigenvalue weighted by Gasteiger charge is 2.35. The van der Waals surface area contributed by atoms with Crippen LogP contribution >= 0.6 is 0 Å². The number of nitrogens with zero attached hydrogens (tertiary/aromatic N) is 13. The lowest BCUT2D eigenvalue weighted by atomic mass is 9.99. The van der Waals surface area contributed by atoms with Crippen LogP contribution in [0, 0.1) is 20.2 Å². The number of esters is 3. The van der Waals surface area contributed by atoms with Crippen LogP contribution in [0.2, 0.25) is 0 Å². The molecule has 3 aliphatic heterocycles. The van der Waals surface area contributed by atoms with Crippen molar-refractivity contribution < 1.29 is 113 Å². The Kier molecular flexibility index (Phi) is 33.6. The Morgan fingerprint density at radius 3 is 1.36 bits per heavy atom. The van der Waals surface area contributed by atoms with Gasteiger partial charge in [-0.15, -0.1) is 0 Å². The van der Waals surface area contributed by atoms with Crippen LogP contribution in [0.1, 0.15) is 206 Å². The van der Waals surface area contributed by atoms with E-state index in [0.717, 1.165) is 92.9 Å². The van der Waals surface area contributed by atoms with E-state index >= 15 is 0 Å². The molecule has 55 heteroatoms. The molecule has 18 N–H and O–H groups in total. The number of alkyl carbamates (subject to hydrolysis) is 1. The number of H-pyrrole nitrogens is 3. The van der Waals surface area contributed by atoms with Crippen LogP contribution in [-0.2, 0) is 126 Å². The molecule has 0 radical (unpaired) electrons. The number of aromatic nitrogens is 14. The summed E-state index contributed by atoms with van der Waals surface area (Å²) >= 11 is 0. The molecule has 0 atom stereocenters. The number of ether oxygens (including phenoxy) is 6. The number of primary sulfonamides is 1. The Balaban J connectivity index is 0.000000177. The highest BCUT2D eigenvalue weighted by atomic mass is 32.2. The molecule has 134 heavy (non-hydrogen) atoms. The highest BCUT2D eigenvalue weighted by Crippen LogP contribution is 2.40. The number of rotatable bonds is 15. The van der Waals surface area contributed by atoms with Crippen molar-refractivity contribution in [1.82, 2.24) is 95.7 Å². The lowest BCUT2D eigenvalue weighted by molar-refractivity contribution is -0.385. The maximum Gasteiger partial charge on any atom is 0.412 e. The van der Waals surface area contributed by atoms with E-state index in [0.29, 0.717) is 50.6 Å². The van der Waals surface area contributed by atoms with Gasteiger partial charge in [0.25, 0.3) is 27.7 Å². The molecule has 0 bridgehead atoms. The Hall–Kier alpha value is -15.5. The second-order valence-corrected chi connectivity index (χ2v) is 35.9. The van der Waals surface area contributed by atoms with Gasteiger partial charge in [-0.25, -0.2) is 65.1 Å². The van der Waals surface area contributed by atoms with Crippen molar-refractivity contribution in [3.05, 3.63) is 160 Å². The number of carbonyl (C=O) groups is 11. The van der Waals surface area contributed by atoms with E-state index in [-0.39, 0.29) is 74.3 Å². The first-order valence-corrected chi connectivity index (χ1v) is 44.2. The third-order valence-corrected chi connectivity index (χ3v) is 22.0. The van der Waals surface area contributed by atoms with Crippen LogP contribution in [-0.4, -0.2) is 232 Å². The quantitative estimate of drug-likeness (QED) is 0.0210. The summed E-state index contributed by atoms with van der Waals surface area (Å²) in [4.78, 5) is 145. The Bertz CT molecular complexity index is 6080. The van der Waals surface area contributed by atoms with Gasteiger partial charge in [0, 0.05) is 37.6 Å². The number of urea groups is 1. The fraction of sp³-hybridized carbons (Fsp3) is 0.443. The van der Waals surface area contributed by atoms with Crippen LogP contribution in [0.15, 0.2) is 65.3 Å². The van der Waals surface area contributed by atoms with Gasteiger partial charge in [0.15, 0.2) is 11.4 Å². The zero-order valence-corrected chi connectivity index (χ0v) is 76.5. The molecule has 722 valence electrons. The summed E-state index contributed by atoms with van der Waals surface area (Å²) in [5.74, 6) is -4.62. The molecule has 9 aromatic rings. The molecule has 0 saturated carbocycles. The van der Waals surface area contributed by atoms with Crippen molar-refractivity contribution in [2.24, 2.45) is 5.14 Å². The summed E-state index contributed by atoms with van der Waals surface area (Å²) in [7, 11) is -4.54. The smallest absolute Gasteiger partial charge is 0.412 e. The van der Waals surface area contributed by atoms with Gasteiger partial charge in [0.2, 0.25) is 21.4 Å². The van der Waals surface area contributed by atoms with Crippen LogP contribution in [0.25, 0.3) is 0 Å². The first-order valence-electron chi connectivity index (χ1n) is 41.2. The van der Waals surface area contributed by atoms with Gasteiger partial charge < -0.3 is 71.6 Å². The summed E-state index contributed by atoms with van der Waals surface area (Å²) in [6, 6.07) is 3.83. The van der Waals surface area contributed by atoms with E-state index in [2.05, 4.69) is 105 Å². The summed E-state index contributed by atoms with van der Waals surface area (Å²) in [5.41, 5.74) is 22.1. The predicted molar refractivity (Wildman–Crippen MR) is 470 cm³/mol. The van der Waals surface area contributed by atoms with E-state index < -0.39 is 118 Å². The third kappa shape index (κ3) is 26.9. The number of nitrogen functional groups attached to an aromatic ring is 2. The van der Waals surface area contributed by atoms with Gasteiger partial charge in [0.05, 0.1) is 105 Å². The zero-order valence-electron chi connectivity index (χ0n) is 74.9. The van der Waals surface area contributed by atoms with E-state index in [9.17, 15) is 89.8 Å². The Morgan fingerprint density at radius 2 is 0.903 bits per heavy atom. The number of carbonyl (C=O) groups excluding carboxylic acids is 10. The molecule has 4 aliphatic carbocycles. The van der Waals surface area contributed by atoms with Gasteiger partial charge in [-0.05, 0) is 184 Å². The molecule has 0 spiro atoms. The number of aryl methyl sites for hydroxylation is 4. The standard InChI is InChI=1S/C19H21N5O4S.C17H28N4O6.C12H15N.C10H15N3O4.C6H8N4O3S.C6H8N4O.C5H5N3O4.C4H3N3O4/c25-18-17-15(10-21-24(17)8-7-20-18)29(27,28)23-19(26)22-16-13-5-1-3-11(13)9-12-4-2-6-14(12)16;1-16(2,3)26-14(23)18-8-9-21-12(13(22)25-7)11(10-19-21)20-15(24)27-17(4,5)6;13-12-10-5-1-3-8(10)7-9-4-2-6-11(9)12;1-10(2,3)17-9(15)12-6-5-11-13-7(6)8(14)16-4;7-14(12,13)4-3-9-10-2-1-8-6(11)5(4)10;7-4-3-9-10-2-1-8-6(11)5(4)10;1-12-5(9)4-3(8(10)11)2-6-7-4;8-4(9)3-2(7(10)11)1-5-6-3/h9-10H,1-8H2,(H,20,25)(H2,22,23,26);10H,8-9H2,1-7H3,(H,18,23)(H,20,24);7H,1-6,13H2;5H,1-4H3,(H,11,13)(H,12,15);3H,1-2H2,(H,8,11)(H2,7,12,13);3H,1-2,7H2,(H,8,11);2H,1H3,(H,6,7);1H,(H,5,6)(H,8,9). The predicted octanol–water partition coefficient (Wildman–Crippen LogP) is 5.05. The average molecular weight is 1910 g/mol. The molecule has 53 nitrogen and oxygen atoms in total. The molecule has 0 fully saturated rings. The van der Waals surface area contributed by atoms with Gasteiger partial charge >= 0.3 is 59.6 Å². The fourth-order valence-corrected chi connectivity index (χ4v) is 15.9. The van der Waals surface area contributed by atoms with Crippen molar-refractivity contribution in [2.45, 2.75) is 192 Å². The number of nitrogens with two attached hydrogens (primary N) is 3. The Morgan fingerprint density at radius 1 is 0.500 bits per heavy atom. The van der Waals surface area contributed by atoms with Gasteiger partial charge in [0.1, 0.15) is 56.1 Å². The van der Waals surface area contributed by atoms with Gasteiger partial charge in [-0.1, -0.05) is 12.1 Å². The molecule has 16 rings (SSSR count). The lowest BCUT2D eigenvalue weighted by Gasteiger charge is -2.20. The first-order chi connectivity index (χ1) is 63.0. The summed E-state index contributed by atoms with van der Waals surface area (Å²) in [5, 5.41) is 84.1. The number of hydrogen-bond donors (Lipinski definition) is 15. The number of sulfonamides is 2. The molecule has 10 heterocycles. The summed E-state index contributed by atoms with van der Waals surface area (Å²) < 4.78 is 84.2. The zero-order chi connectivity index (χ0) is 98.6. The molecule has 8 amide bonds. The first kappa shape index (κ1) is 102. The van der Waals surface area contributed by atoms with Crippen molar-refractivity contribution in [1.29, 1.82) is 0 Å². The largest absolute Gasteiger partial charge is 0.476 e. The fourth-order valence-electron chi connectivity index (χ4n) is 14.2. The number of amides is 8. The number of aromatic amines is 3. The monoisotopic (exact) mass is 1910 g/mol. The number of carboxylic acids is 1. The molecule has 0 unspecified atom stereocenters. The van der Waals surface area contributed by atoms with Crippen molar-refractivity contribution in [3.63, 3.8) is 0 Å². The topological polar surface area (TPSA) is 750 Å². The number of carboxylic acid groups (broad SMARTS) is 1. The normalized spacial score (nSPS) is 13.9. The number of benzene rings is 2. The highest BCUT2D eigenvalue weighted by molar-refractivity contribution is 7.90. The molecule has 7 aromatic heterocycles. The molecule has 0 saturated heterocycles. The lowest BCUT2D eigenvalue weighted by Crippen LogP contribution is -2.39. The van der Waals surface area contributed by atoms with E-state index in [4.69, 9.17) is 40.7 Å². The van der Waals surface area contributed by atoms with E-state index in [1.807, 2.05) is 9.82 Å². The van der Waals surface area contributed by atoms with Crippen molar-refractivity contribution in [3.8, 4) is 0 Å². The number of hydrogen-bond acceptors (Lipinski definition) is 34. The van der Waals surface area contributed by atoms with Crippen LogP contribution < -0.4 is 58.5 Å². The van der Waals surface area contributed by atoms with Gasteiger partial charge in [-0.3, -0.25) is 79.3 Å². The number of fused-ring (bicyclic) bond motifs is 7. The SMILES string of the molecule is COC(=O)c1[nH]ncc1NC(=O)OC(C)(C)C.COC(=O)c1[nH]ncc1[N+](=O)[O-].COC(=O)c1c(NC(=O)OC(C)(C)C)cnn1CCNC(=O)OC(C)(C)C.NS(=O)(=O)c1cnn2c1C(=O)NCC2.Nc1c2c(cc3c1CCC3)CCC2.Nc1cnn2c1C(=O)NCC2.O=C(Nc1c2c(cc3c1CCC3)CCC2)NS(=O)(=O)c1cnn2c1C(=O)NCC2.O=C(O)c1[nH]ncc1[N+](=O)[O-]. The van der Waals surface area contributed by atoms with Crippen LogP contribution in [0.5, 0.6) is 0 Å². The Labute approximate surface area is 763 Å². The minimum Gasteiger partial charge on any atom is -0.476 e. The average Bonchev–Trinajstić information content (AvgIpc) is 1.61. The molecular formula is C79H103N27O26S2. The maximum atomic E-state index is 12.8. The number of methoxy groups -OCH3 is 3.